The Morgan fingerprint density at radius 2 is 2.04 bits per heavy atom. The van der Waals surface area contributed by atoms with Crippen molar-refractivity contribution in [2.45, 2.75) is 19.4 Å². The molecule has 1 unspecified atom stereocenters. The Bertz CT molecular complexity index is 761. The van der Waals surface area contributed by atoms with Crippen LogP contribution in [0.5, 0.6) is 0 Å². The predicted octanol–water partition coefficient (Wildman–Crippen LogP) is 3.50. The van der Waals surface area contributed by atoms with Crippen LogP contribution in [-0.2, 0) is 11.3 Å². The van der Waals surface area contributed by atoms with Gasteiger partial charge in [-0.05, 0) is 36.4 Å². The third kappa shape index (κ3) is 3.24. The Morgan fingerprint density at radius 3 is 2.78 bits per heavy atom. The number of hydrogen-bond donors (Lipinski definition) is 1. The van der Waals surface area contributed by atoms with Crippen molar-refractivity contribution in [1.82, 2.24) is 4.90 Å². The second-order valence-electron chi connectivity index (χ2n) is 6.01. The molecule has 1 amide bonds. The minimum atomic E-state index is -0.561. The fourth-order valence-corrected chi connectivity index (χ4v) is 3.17. The number of halogens is 2. The van der Waals surface area contributed by atoms with E-state index in [1.54, 1.807) is 6.07 Å². The topological polar surface area (TPSA) is 32.3 Å². The molecule has 1 N–H and O–H groups in total. The number of amides is 1. The summed E-state index contributed by atoms with van der Waals surface area (Å²) in [5.74, 6) is -1.36. The second kappa shape index (κ2) is 6.08. The van der Waals surface area contributed by atoms with Crippen LogP contribution in [0, 0.1) is 11.6 Å². The number of rotatable bonds is 2. The van der Waals surface area contributed by atoms with E-state index in [1.807, 2.05) is 30.1 Å². The minimum absolute atomic E-state index is 0.136. The van der Waals surface area contributed by atoms with Gasteiger partial charge in [0.15, 0.2) is 0 Å². The predicted molar refractivity (Wildman–Crippen MR) is 85.3 cm³/mol. The Labute approximate surface area is 133 Å². The van der Waals surface area contributed by atoms with Gasteiger partial charge in [0.25, 0.3) is 0 Å². The molecule has 0 spiro atoms. The number of anilines is 1. The lowest BCUT2D eigenvalue weighted by Gasteiger charge is -2.33. The highest BCUT2D eigenvalue weighted by atomic mass is 19.1. The SMILES string of the molecule is CC(=O)Nc1cccc(C2CN(C)Cc3c(F)cc(F)cc32)c1. The molecule has 0 saturated heterocycles. The van der Waals surface area contributed by atoms with Gasteiger partial charge in [0.2, 0.25) is 5.91 Å². The van der Waals surface area contributed by atoms with Gasteiger partial charge in [-0.1, -0.05) is 12.1 Å². The molecule has 0 saturated carbocycles. The molecule has 3 rings (SSSR count). The lowest BCUT2D eigenvalue weighted by Crippen LogP contribution is -2.32. The molecule has 0 bridgehead atoms. The van der Waals surface area contributed by atoms with Gasteiger partial charge in [0.05, 0.1) is 0 Å². The first-order chi connectivity index (χ1) is 10.9. The summed E-state index contributed by atoms with van der Waals surface area (Å²) in [4.78, 5) is 13.2. The van der Waals surface area contributed by atoms with Gasteiger partial charge in [-0.25, -0.2) is 8.78 Å². The summed E-state index contributed by atoms with van der Waals surface area (Å²) in [7, 11) is 1.91. The number of carbonyl (C=O) groups is 1. The molecule has 2 aromatic carbocycles. The zero-order chi connectivity index (χ0) is 16.6. The van der Waals surface area contributed by atoms with Crippen LogP contribution in [0.3, 0.4) is 0 Å². The molecule has 0 fully saturated rings. The molecule has 1 heterocycles. The summed E-state index contributed by atoms with van der Waals surface area (Å²) in [6.07, 6.45) is 0. The van der Waals surface area contributed by atoms with E-state index in [1.165, 1.54) is 13.0 Å². The first-order valence-electron chi connectivity index (χ1n) is 7.48. The third-order valence-corrected chi connectivity index (χ3v) is 4.10. The Hall–Kier alpha value is -2.27. The maximum absolute atomic E-state index is 14.1. The van der Waals surface area contributed by atoms with Crippen LogP contribution in [0.1, 0.15) is 29.5 Å². The fourth-order valence-electron chi connectivity index (χ4n) is 3.17. The molecule has 120 valence electrons. The Morgan fingerprint density at radius 1 is 1.26 bits per heavy atom. The highest BCUT2D eigenvalue weighted by Gasteiger charge is 2.28. The van der Waals surface area contributed by atoms with E-state index in [9.17, 15) is 13.6 Å². The van der Waals surface area contributed by atoms with Crippen molar-refractivity contribution in [1.29, 1.82) is 0 Å². The minimum Gasteiger partial charge on any atom is -0.326 e. The lowest BCUT2D eigenvalue weighted by molar-refractivity contribution is -0.114. The van der Waals surface area contributed by atoms with Crippen molar-refractivity contribution in [3.63, 3.8) is 0 Å². The van der Waals surface area contributed by atoms with Crippen LogP contribution < -0.4 is 5.32 Å². The molecule has 3 nitrogen and oxygen atoms in total. The van der Waals surface area contributed by atoms with E-state index in [2.05, 4.69) is 5.32 Å². The molecule has 1 aliphatic rings. The van der Waals surface area contributed by atoms with Gasteiger partial charge in [-0.2, -0.15) is 0 Å². The van der Waals surface area contributed by atoms with Crippen molar-refractivity contribution in [3.8, 4) is 0 Å². The summed E-state index contributed by atoms with van der Waals surface area (Å²) in [6, 6.07) is 9.76. The second-order valence-corrected chi connectivity index (χ2v) is 6.01. The first-order valence-corrected chi connectivity index (χ1v) is 7.48. The van der Waals surface area contributed by atoms with E-state index in [0.717, 1.165) is 11.6 Å². The highest BCUT2D eigenvalue weighted by molar-refractivity contribution is 5.88. The number of hydrogen-bond acceptors (Lipinski definition) is 2. The van der Waals surface area contributed by atoms with Crippen molar-refractivity contribution < 1.29 is 13.6 Å². The number of carbonyl (C=O) groups excluding carboxylic acids is 1. The molecule has 0 aliphatic carbocycles. The molecular weight excluding hydrogens is 298 g/mol. The number of nitrogens with zero attached hydrogens (tertiary/aromatic N) is 1. The summed E-state index contributed by atoms with van der Waals surface area (Å²) >= 11 is 0. The highest BCUT2D eigenvalue weighted by Crippen LogP contribution is 2.35. The summed E-state index contributed by atoms with van der Waals surface area (Å²) in [5.41, 5.74) is 2.83. The fraction of sp³-hybridized carbons (Fsp3) is 0.278. The van der Waals surface area contributed by atoms with Gasteiger partial charge in [0.1, 0.15) is 11.6 Å². The lowest BCUT2D eigenvalue weighted by atomic mass is 9.84. The van der Waals surface area contributed by atoms with Crippen molar-refractivity contribution in [3.05, 3.63) is 64.7 Å². The van der Waals surface area contributed by atoms with Crippen molar-refractivity contribution in [2.75, 3.05) is 18.9 Å². The first kappa shape index (κ1) is 15.6. The number of benzene rings is 2. The normalized spacial score (nSPS) is 17.7. The van der Waals surface area contributed by atoms with E-state index in [-0.39, 0.29) is 11.8 Å². The zero-order valence-corrected chi connectivity index (χ0v) is 13.1. The van der Waals surface area contributed by atoms with Crippen LogP contribution in [-0.4, -0.2) is 24.4 Å². The summed E-state index contributed by atoms with van der Waals surface area (Å²) in [6.45, 7) is 2.57. The average molecular weight is 316 g/mol. The van der Waals surface area contributed by atoms with Gasteiger partial charge in [-0.3, -0.25) is 4.79 Å². The van der Waals surface area contributed by atoms with E-state index >= 15 is 0 Å². The summed E-state index contributed by atoms with van der Waals surface area (Å²) < 4.78 is 27.8. The van der Waals surface area contributed by atoms with Crippen LogP contribution >= 0.6 is 0 Å². The van der Waals surface area contributed by atoms with Crippen LogP contribution in [0.2, 0.25) is 0 Å². The van der Waals surface area contributed by atoms with Gasteiger partial charge in [0, 0.05) is 43.2 Å². The van der Waals surface area contributed by atoms with Gasteiger partial charge >= 0.3 is 0 Å². The zero-order valence-electron chi connectivity index (χ0n) is 13.1. The van der Waals surface area contributed by atoms with Crippen LogP contribution in [0.15, 0.2) is 36.4 Å². The number of likely N-dealkylation sites (N-methyl/N-ethyl adjacent to an activating group) is 1. The maximum atomic E-state index is 14.1. The maximum Gasteiger partial charge on any atom is 0.221 e. The van der Waals surface area contributed by atoms with Crippen LogP contribution in [0.4, 0.5) is 14.5 Å². The largest absolute Gasteiger partial charge is 0.326 e. The molecular formula is C18H18F2N2O. The van der Waals surface area contributed by atoms with Gasteiger partial charge < -0.3 is 10.2 Å². The third-order valence-electron chi connectivity index (χ3n) is 4.10. The van der Waals surface area contributed by atoms with E-state index in [0.29, 0.717) is 29.9 Å². The number of fused-ring (bicyclic) bond motifs is 1. The molecule has 23 heavy (non-hydrogen) atoms. The molecule has 1 aliphatic heterocycles. The monoisotopic (exact) mass is 316 g/mol. The molecule has 0 radical (unpaired) electrons. The molecule has 1 atom stereocenters. The number of nitrogens with one attached hydrogen (secondary N) is 1. The molecule has 2 aromatic rings. The van der Waals surface area contributed by atoms with Gasteiger partial charge in [-0.15, -0.1) is 0 Å². The smallest absolute Gasteiger partial charge is 0.221 e. The van der Waals surface area contributed by atoms with Crippen molar-refractivity contribution >= 4 is 11.6 Å². The summed E-state index contributed by atoms with van der Waals surface area (Å²) in [5, 5.41) is 2.74. The van der Waals surface area contributed by atoms with E-state index < -0.39 is 11.6 Å². The molecule has 0 aromatic heterocycles. The van der Waals surface area contributed by atoms with E-state index in [4.69, 9.17) is 0 Å². The Kier molecular flexibility index (Phi) is 4.13. The Balaban J connectivity index is 2.06. The van der Waals surface area contributed by atoms with Crippen LogP contribution in [0.25, 0.3) is 0 Å². The quantitative estimate of drug-likeness (QED) is 0.920. The van der Waals surface area contributed by atoms with Crippen molar-refractivity contribution in [2.24, 2.45) is 0 Å². The molecule has 5 heteroatoms. The standard InChI is InChI=1S/C18H18F2N2O/c1-11(23)21-14-5-3-4-12(6-14)16-9-22(2)10-17-15(16)7-13(19)8-18(17)20/h3-8,16H,9-10H2,1-2H3,(H,21,23). The average Bonchev–Trinajstić information content (AvgIpc) is 2.47.